The van der Waals surface area contributed by atoms with Gasteiger partial charge in [-0.3, -0.25) is 0 Å². The largest absolute Gasteiger partial charge is 0.340 e. The molecule has 0 aliphatic carbocycles. The van der Waals surface area contributed by atoms with Crippen LogP contribution in [0.25, 0.3) is 0 Å². The predicted molar refractivity (Wildman–Crippen MR) is 72.5 cm³/mol. The maximum atomic E-state index is 4.60. The Kier molecular flexibility index (Phi) is 4.71. The number of aromatic nitrogens is 2. The van der Waals surface area contributed by atoms with Crippen molar-refractivity contribution in [2.24, 2.45) is 0 Å². The molecule has 16 heavy (non-hydrogen) atoms. The van der Waals surface area contributed by atoms with E-state index in [1.807, 2.05) is 14.0 Å². The van der Waals surface area contributed by atoms with Crippen LogP contribution in [0.3, 0.4) is 0 Å². The highest BCUT2D eigenvalue weighted by molar-refractivity contribution is 9.09. The third-order valence-corrected chi connectivity index (χ3v) is 3.59. The first kappa shape index (κ1) is 13.4. The van der Waals surface area contributed by atoms with Gasteiger partial charge < -0.3 is 4.90 Å². The summed E-state index contributed by atoms with van der Waals surface area (Å²) >= 11 is 3.48. The third kappa shape index (κ3) is 3.17. The van der Waals surface area contributed by atoms with E-state index in [2.05, 4.69) is 57.6 Å². The van der Waals surface area contributed by atoms with Gasteiger partial charge >= 0.3 is 0 Å². The molecule has 1 aromatic rings. The Hall–Kier alpha value is -0.640. The van der Waals surface area contributed by atoms with E-state index in [1.165, 1.54) is 0 Å². The van der Waals surface area contributed by atoms with Gasteiger partial charge in [-0.05, 0) is 25.8 Å². The van der Waals surface area contributed by atoms with Crippen molar-refractivity contribution in [3.8, 4) is 0 Å². The summed E-state index contributed by atoms with van der Waals surface area (Å²) in [6, 6.07) is 2.45. The van der Waals surface area contributed by atoms with E-state index < -0.39 is 0 Å². The normalized spacial score (nSPS) is 12.9. The van der Waals surface area contributed by atoms with Gasteiger partial charge in [0.1, 0.15) is 0 Å². The monoisotopic (exact) mass is 285 g/mol. The fourth-order valence-electron chi connectivity index (χ4n) is 1.33. The summed E-state index contributed by atoms with van der Waals surface area (Å²) < 4.78 is 0. The topological polar surface area (TPSA) is 29.0 Å². The molecule has 1 atom stereocenters. The number of anilines is 1. The summed E-state index contributed by atoms with van der Waals surface area (Å²) in [5.41, 5.74) is 2.14. The lowest BCUT2D eigenvalue weighted by atomic mass is 10.1. The van der Waals surface area contributed by atoms with Gasteiger partial charge in [0.05, 0.1) is 0 Å². The van der Waals surface area contributed by atoms with Gasteiger partial charge in [-0.2, -0.15) is 0 Å². The van der Waals surface area contributed by atoms with Crippen molar-refractivity contribution >= 4 is 21.9 Å². The smallest absolute Gasteiger partial charge is 0.225 e. The Labute approximate surface area is 106 Å². The minimum absolute atomic E-state index is 0.391. The number of hydrogen-bond donors (Lipinski definition) is 0. The zero-order chi connectivity index (χ0) is 12.3. The summed E-state index contributed by atoms with van der Waals surface area (Å²) in [6.07, 6.45) is 0. The fourth-order valence-corrected chi connectivity index (χ4v) is 1.77. The SMILES string of the molecule is Cc1cc(C(C)C)nc(N(C)C(C)CBr)n1. The van der Waals surface area contributed by atoms with E-state index in [0.29, 0.717) is 12.0 Å². The molecule has 3 nitrogen and oxygen atoms in total. The summed E-state index contributed by atoms with van der Waals surface area (Å²) in [5, 5.41) is 0.914. The minimum atomic E-state index is 0.391. The standard InChI is InChI=1S/C12H20BrN3/c1-8(2)11-6-9(3)14-12(15-11)16(5)10(4)7-13/h6,8,10H,7H2,1-5H3. The number of hydrogen-bond acceptors (Lipinski definition) is 3. The molecule has 4 heteroatoms. The number of aryl methyl sites for hydroxylation is 1. The maximum absolute atomic E-state index is 4.60. The molecule has 90 valence electrons. The number of nitrogens with zero attached hydrogens (tertiary/aromatic N) is 3. The highest BCUT2D eigenvalue weighted by Gasteiger charge is 2.13. The molecule has 0 radical (unpaired) electrons. The zero-order valence-electron chi connectivity index (χ0n) is 10.7. The second kappa shape index (κ2) is 5.62. The van der Waals surface area contributed by atoms with Gasteiger partial charge in [-0.15, -0.1) is 0 Å². The van der Waals surface area contributed by atoms with Gasteiger partial charge in [0.25, 0.3) is 0 Å². The van der Waals surface area contributed by atoms with Gasteiger partial charge in [-0.1, -0.05) is 29.8 Å². The Morgan fingerprint density at radius 1 is 1.31 bits per heavy atom. The lowest BCUT2D eigenvalue weighted by molar-refractivity contribution is 0.723. The average molecular weight is 286 g/mol. The molecule has 0 amide bonds. The van der Waals surface area contributed by atoms with Crippen LogP contribution in [0.2, 0.25) is 0 Å². The zero-order valence-corrected chi connectivity index (χ0v) is 12.2. The first-order valence-corrected chi connectivity index (χ1v) is 6.72. The van der Waals surface area contributed by atoms with Crippen molar-refractivity contribution in [2.75, 3.05) is 17.3 Å². The van der Waals surface area contributed by atoms with E-state index in [9.17, 15) is 0 Å². The van der Waals surface area contributed by atoms with Gasteiger partial charge in [0.2, 0.25) is 5.95 Å². The Morgan fingerprint density at radius 3 is 2.44 bits per heavy atom. The van der Waals surface area contributed by atoms with E-state index in [0.717, 1.165) is 22.7 Å². The Bertz CT molecular complexity index is 352. The summed E-state index contributed by atoms with van der Waals surface area (Å²) in [4.78, 5) is 11.2. The summed E-state index contributed by atoms with van der Waals surface area (Å²) in [6.45, 7) is 8.47. The van der Waals surface area contributed by atoms with Crippen LogP contribution >= 0.6 is 15.9 Å². The van der Waals surface area contributed by atoms with Crippen LogP contribution in [0, 0.1) is 6.92 Å². The minimum Gasteiger partial charge on any atom is -0.340 e. The van der Waals surface area contributed by atoms with Crippen LogP contribution in [0.1, 0.15) is 38.1 Å². The number of rotatable bonds is 4. The highest BCUT2D eigenvalue weighted by atomic mass is 79.9. The van der Waals surface area contributed by atoms with Gasteiger partial charge in [0, 0.05) is 29.8 Å². The van der Waals surface area contributed by atoms with Crippen LogP contribution in [0.4, 0.5) is 5.95 Å². The van der Waals surface area contributed by atoms with Crippen LogP contribution < -0.4 is 4.90 Å². The second-order valence-corrected chi connectivity index (χ2v) is 5.15. The molecule has 1 unspecified atom stereocenters. The molecule has 0 fully saturated rings. The van der Waals surface area contributed by atoms with Crippen molar-refractivity contribution in [2.45, 2.75) is 39.7 Å². The summed E-state index contributed by atoms with van der Waals surface area (Å²) in [7, 11) is 2.03. The number of alkyl halides is 1. The van der Waals surface area contributed by atoms with Crippen molar-refractivity contribution < 1.29 is 0 Å². The maximum Gasteiger partial charge on any atom is 0.225 e. The van der Waals surface area contributed by atoms with E-state index in [4.69, 9.17) is 0 Å². The molecule has 0 spiro atoms. The van der Waals surface area contributed by atoms with E-state index >= 15 is 0 Å². The van der Waals surface area contributed by atoms with Crippen molar-refractivity contribution in [3.05, 3.63) is 17.5 Å². The van der Waals surface area contributed by atoms with Crippen molar-refractivity contribution in [1.82, 2.24) is 9.97 Å². The Balaban J connectivity index is 3.04. The average Bonchev–Trinajstić information content (AvgIpc) is 2.26. The first-order chi connectivity index (χ1) is 7.45. The molecule has 1 heterocycles. The molecule has 0 saturated heterocycles. The fraction of sp³-hybridized carbons (Fsp3) is 0.667. The number of halogens is 1. The van der Waals surface area contributed by atoms with Crippen LogP contribution in [0.5, 0.6) is 0 Å². The molecule has 1 rings (SSSR count). The van der Waals surface area contributed by atoms with E-state index in [1.54, 1.807) is 0 Å². The predicted octanol–water partition coefficient (Wildman–Crippen LogP) is 3.13. The molecule has 0 N–H and O–H groups in total. The second-order valence-electron chi connectivity index (χ2n) is 4.50. The molecule has 0 saturated carbocycles. The van der Waals surface area contributed by atoms with Gasteiger partial charge in [-0.25, -0.2) is 9.97 Å². The molecule has 0 aliphatic heterocycles. The summed E-state index contributed by atoms with van der Waals surface area (Å²) in [5.74, 6) is 1.25. The van der Waals surface area contributed by atoms with Gasteiger partial charge in [0.15, 0.2) is 0 Å². The lowest BCUT2D eigenvalue weighted by Crippen LogP contribution is -2.32. The molecular weight excluding hydrogens is 266 g/mol. The molecule has 0 aromatic carbocycles. The molecule has 1 aromatic heterocycles. The first-order valence-electron chi connectivity index (χ1n) is 5.60. The van der Waals surface area contributed by atoms with Crippen molar-refractivity contribution in [1.29, 1.82) is 0 Å². The highest BCUT2D eigenvalue weighted by Crippen LogP contribution is 2.17. The molecule has 0 aliphatic rings. The van der Waals surface area contributed by atoms with E-state index in [-0.39, 0.29) is 0 Å². The van der Waals surface area contributed by atoms with Crippen LogP contribution in [-0.4, -0.2) is 28.4 Å². The Morgan fingerprint density at radius 2 is 1.94 bits per heavy atom. The lowest BCUT2D eigenvalue weighted by Gasteiger charge is -2.24. The molecular formula is C12H20BrN3. The molecule has 0 bridgehead atoms. The van der Waals surface area contributed by atoms with Crippen LogP contribution in [0.15, 0.2) is 6.07 Å². The van der Waals surface area contributed by atoms with Crippen LogP contribution in [-0.2, 0) is 0 Å². The quantitative estimate of drug-likeness (QED) is 0.796. The third-order valence-electron chi connectivity index (χ3n) is 2.65. The van der Waals surface area contributed by atoms with Crippen molar-refractivity contribution in [3.63, 3.8) is 0 Å².